The summed E-state index contributed by atoms with van der Waals surface area (Å²) >= 11 is 0. The van der Waals surface area contributed by atoms with Crippen molar-refractivity contribution in [1.29, 1.82) is 0 Å². The van der Waals surface area contributed by atoms with Gasteiger partial charge in [0.15, 0.2) is 0 Å². The van der Waals surface area contributed by atoms with E-state index in [-0.39, 0.29) is 12.0 Å². The predicted octanol–water partition coefficient (Wildman–Crippen LogP) is 1.83. The summed E-state index contributed by atoms with van der Waals surface area (Å²) < 4.78 is 11.2. The molecule has 6 nitrogen and oxygen atoms in total. The van der Waals surface area contributed by atoms with Crippen LogP contribution in [-0.2, 0) is 4.79 Å². The van der Waals surface area contributed by atoms with Crippen molar-refractivity contribution < 1.29 is 19.4 Å². The fourth-order valence-electron chi connectivity index (χ4n) is 2.66. The lowest BCUT2D eigenvalue weighted by molar-refractivity contribution is -0.139. The number of carbonyl (C=O) groups is 1. The third-order valence-corrected chi connectivity index (χ3v) is 3.62. The van der Waals surface area contributed by atoms with Gasteiger partial charge in [0, 0.05) is 23.7 Å². The Balaban J connectivity index is 1.61. The molecule has 4 rings (SSSR count). The van der Waals surface area contributed by atoms with Gasteiger partial charge in [0.2, 0.25) is 5.88 Å². The van der Waals surface area contributed by atoms with Crippen LogP contribution in [0.3, 0.4) is 0 Å². The minimum Gasteiger partial charge on any atom is -0.489 e. The summed E-state index contributed by atoms with van der Waals surface area (Å²) in [6.45, 7) is 0. The second-order valence-electron chi connectivity index (χ2n) is 4.82. The van der Waals surface area contributed by atoms with Crippen molar-refractivity contribution in [2.24, 2.45) is 5.92 Å². The van der Waals surface area contributed by atoms with Crippen LogP contribution >= 0.6 is 0 Å². The summed E-state index contributed by atoms with van der Waals surface area (Å²) in [7, 11) is 0. The zero-order chi connectivity index (χ0) is 13.7. The average molecular weight is 270 g/mol. The van der Waals surface area contributed by atoms with Gasteiger partial charge in [-0.3, -0.25) is 4.79 Å². The summed E-state index contributed by atoms with van der Waals surface area (Å²) in [6.07, 6.45) is 2.77. The van der Waals surface area contributed by atoms with Crippen molar-refractivity contribution in [3.63, 3.8) is 0 Å². The number of hydrogen-bond acceptors (Lipinski definition) is 5. The number of rotatable bonds is 3. The number of carboxylic acids is 1. The van der Waals surface area contributed by atoms with Crippen LogP contribution in [-0.4, -0.2) is 27.1 Å². The van der Waals surface area contributed by atoms with Gasteiger partial charge in [-0.05, 0) is 18.2 Å². The third kappa shape index (κ3) is 1.61. The SMILES string of the molecule is O=C(O)[C@@H]1[C@H]2Oc3ccc(Oc4ccncn4)cc3[C@H]21. The van der Waals surface area contributed by atoms with Gasteiger partial charge in [0.05, 0.1) is 0 Å². The first kappa shape index (κ1) is 11.2. The molecule has 2 aromatic rings. The maximum absolute atomic E-state index is 11.0. The molecule has 0 bridgehead atoms. The fourth-order valence-corrected chi connectivity index (χ4v) is 2.66. The zero-order valence-corrected chi connectivity index (χ0v) is 10.3. The minimum absolute atomic E-state index is 0.0588. The quantitative estimate of drug-likeness (QED) is 0.916. The first-order valence-electron chi connectivity index (χ1n) is 6.21. The van der Waals surface area contributed by atoms with E-state index in [1.54, 1.807) is 24.4 Å². The van der Waals surface area contributed by atoms with Crippen molar-refractivity contribution in [3.05, 3.63) is 42.4 Å². The highest BCUT2D eigenvalue weighted by Gasteiger charge is 2.63. The van der Waals surface area contributed by atoms with E-state index in [2.05, 4.69) is 9.97 Å². The first-order chi connectivity index (χ1) is 9.74. The van der Waals surface area contributed by atoms with Gasteiger partial charge in [-0.15, -0.1) is 0 Å². The Morgan fingerprint density at radius 2 is 2.25 bits per heavy atom. The van der Waals surface area contributed by atoms with Gasteiger partial charge < -0.3 is 14.6 Å². The van der Waals surface area contributed by atoms with Gasteiger partial charge in [-0.2, -0.15) is 0 Å². The number of hydrogen-bond donors (Lipinski definition) is 1. The van der Waals surface area contributed by atoms with E-state index in [1.165, 1.54) is 6.33 Å². The lowest BCUT2D eigenvalue weighted by atomic mass is 10.1. The standard InChI is InChI=1S/C14H10N2O4/c17-14(18)12-11-8-5-7(1-2-9(8)20-13(11)12)19-10-3-4-15-6-16-10/h1-6,11-13H,(H,17,18)/t11-,12-,13-/m0/s1. The topological polar surface area (TPSA) is 81.5 Å². The normalized spacial score (nSPS) is 25.3. The second kappa shape index (κ2) is 3.93. The van der Waals surface area contributed by atoms with Crippen LogP contribution in [0, 0.1) is 5.92 Å². The van der Waals surface area contributed by atoms with Gasteiger partial charge in [-0.25, -0.2) is 9.97 Å². The Morgan fingerprint density at radius 3 is 3.00 bits per heavy atom. The number of aliphatic carboxylic acids is 1. The Kier molecular flexibility index (Phi) is 2.20. The smallest absolute Gasteiger partial charge is 0.311 e. The second-order valence-corrected chi connectivity index (χ2v) is 4.82. The summed E-state index contributed by atoms with van der Waals surface area (Å²) in [6, 6.07) is 7.06. The number of carboxylic acid groups (broad SMARTS) is 1. The molecule has 1 aromatic carbocycles. The van der Waals surface area contributed by atoms with E-state index in [0.29, 0.717) is 11.6 Å². The van der Waals surface area contributed by atoms with Crippen molar-refractivity contribution in [2.45, 2.75) is 12.0 Å². The molecule has 2 aliphatic rings. The number of benzene rings is 1. The van der Waals surface area contributed by atoms with E-state index in [9.17, 15) is 4.79 Å². The monoisotopic (exact) mass is 270 g/mol. The molecule has 2 heterocycles. The highest BCUT2D eigenvalue weighted by Crippen LogP contribution is 2.58. The van der Waals surface area contributed by atoms with E-state index >= 15 is 0 Å². The molecule has 0 amide bonds. The molecule has 0 spiro atoms. The van der Waals surface area contributed by atoms with E-state index in [0.717, 1.165) is 11.3 Å². The third-order valence-electron chi connectivity index (χ3n) is 3.62. The summed E-state index contributed by atoms with van der Waals surface area (Å²) in [5.74, 6) is 0.497. The van der Waals surface area contributed by atoms with Crippen molar-refractivity contribution in [2.75, 3.05) is 0 Å². The van der Waals surface area contributed by atoms with Crippen LogP contribution < -0.4 is 9.47 Å². The minimum atomic E-state index is -0.812. The highest BCUT2D eigenvalue weighted by atomic mass is 16.5. The maximum atomic E-state index is 11.0. The molecule has 100 valence electrons. The summed E-state index contributed by atoms with van der Waals surface area (Å²) in [5.41, 5.74) is 0.897. The molecule has 3 atom stereocenters. The molecule has 1 aromatic heterocycles. The van der Waals surface area contributed by atoms with E-state index in [1.807, 2.05) is 6.07 Å². The van der Waals surface area contributed by atoms with Gasteiger partial charge in [0.25, 0.3) is 0 Å². The lowest BCUT2D eigenvalue weighted by Gasteiger charge is -2.09. The molecule has 1 N–H and O–H groups in total. The van der Waals surface area contributed by atoms with Gasteiger partial charge >= 0.3 is 5.97 Å². The van der Waals surface area contributed by atoms with Crippen LogP contribution in [0.15, 0.2) is 36.8 Å². The van der Waals surface area contributed by atoms with Crippen LogP contribution in [0.2, 0.25) is 0 Å². The molecular weight excluding hydrogens is 260 g/mol. The van der Waals surface area contributed by atoms with Crippen LogP contribution in [0.25, 0.3) is 0 Å². The molecule has 0 saturated heterocycles. The average Bonchev–Trinajstić information content (AvgIpc) is 3.05. The van der Waals surface area contributed by atoms with Crippen LogP contribution in [0.1, 0.15) is 11.5 Å². The molecule has 6 heteroatoms. The number of nitrogens with zero attached hydrogens (tertiary/aromatic N) is 2. The largest absolute Gasteiger partial charge is 0.489 e. The molecule has 1 saturated carbocycles. The fraction of sp³-hybridized carbons (Fsp3) is 0.214. The predicted molar refractivity (Wildman–Crippen MR) is 66.8 cm³/mol. The van der Waals surface area contributed by atoms with Gasteiger partial charge in [0.1, 0.15) is 29.8 Å². The van der Waals surface area contributed by atoms with Gasteiger partial charge in [-0.1, -0.05) is 0 Å². The highest BCUT2D eigenvalue weighted by molar-refractivity contribution is 5.79. The molecular formula is C14H10N2O4. The Labute approximate surface area is 114 Å². The first-order valence-corrected chi connectivity index (χ1v) is 6.21. The maximum Gasteiger partial charge on any atom is 0.311 e. The number of ether oxygens (including phenoxy) is 2. The molecule has 20 heavy (non-hydrogen) atoms. The summed E-state index contributed by atoms with van der Waals surface area (Å²) in [5, 5.41) is 9.06. The Morgan fingerprint density at radius 1 is 1.35 bits per heavy atom. The van der Waals surface area contributed by atoms with Crippen molar-refractivity contribution >= 4 is 5.97 Å². The molecule has 1 aliphatic carbocycles. The Bertz CT molecular complexity index is 689. The summed E-state index contributed by atoms with van der Waals surface area (Å²) in [4.78, 5) is 18.8. The van der Waals surface area contributed by atoms with E-state index in [4.69, 9.17) is 14.6 Å². The molecule has 0 unspecified atom stereocenters. The molecule has 1 aliphatic heterocycles. The van der Waals surface area contributed by atoms with Crippen LogP contribution in [0.5, 0.6) is 17.4 Å². The lowest BCUT2D eigenvalue weighted by Crippen LogP contribution is -2.08. The Hall–Kier alpha value is -2.63. The molecule has 0 radical (unpaired) electrons. The van der Waals surface area contributed by atoms with Crippen molar-refractivity contribution in [3.8, 4) is 17.4 Å². The number of fused-ring (bicyclic) bond motifs is 3. The van der Waals surface area contributed by atoms with Crippen LogP contribution in [0.4, 0.5) is 0 Å². The van der Waals surface area contributed by atoms with Crippen molar-refractivity contribution in [1.82, 2.24) is 9.97 Å². The number of aromatic nitrogens is 2. The zero-order valence-electron chi connectivity index (χ0n) is 10.3. The van der Waals surface area contributed by atoms with E-state index < -0.39 is 11.9 Å². The molecule has 1 fully saturated rings.